The molecule has 1 aromatic rings. The first-order valence-corrected chi connectivity index (χ1v) is 7.35. The molecular weight excluding hydrogens is 256 g/mol. The van der Waals surface area contributed by atoms with E-state index in [2.05, 4.69) is 0 Å². The second kappa shape index (κ2) is 5.39. The lowest BCUT2D eigenvalue weighted by Crippen LogP contribution is -2.04. The van der Waals surface area contributed by atoms with Crippen LogP contribution in [0.1, 0.15) is 24.0 Å². The van der Waals surface area contributed by atoms with Crippen LogP contribution in [0.3, 0.4) is 0 Å². The van der Waals surface area contributed by atoms with E-state index in [9.17, 15) is 18.3 Å². The second-order valence-corrected chi connectivity index (χ2v) is 6.25. The lowest BCUT2D eigenvalue weighted by Gasteiger charge is -2.10. The van der Waals surface area contributed by atoms with Crippen LogP contribution in [-0.4, -0.2) is 30.9 Å². The molecule has 0 aromatic heterocycles. The molecule has 0 aliphatic carbocycles. The summed E-state index contributed by atoms with van der Waals surface area (Å²) in [6.07, 6.45) is 1.71. The van der Waals surface area contributed by atoms with Gasteiger partial charge in [-0.15, -0.1) is 0 Å². The first-order chi connectivity index (χ1) is 8.21. The average Bonchev–Trinajstić information content (AvgIpc) is 2.20. The molecule has 18 heavy (non-hydrogen) atoms. The molecule has 0 saturated carbocycles. The zero-order valence-corrected chi connectivity index (χ0v) is 11.1. The number of carbonyl (C=O) groups is 1. The van der Waals surface area contributed by atoms with E-state index in [0.717, 1.165) is 6.26 Å². The molecule has 0 radical (unpaired) electrons. The van der Waals surface area contributed by atoms with Gasteiger partial charge in [-0.05, 0) is 43.0 Å². The smallest absolute Gasteiger partial charge is 0.303 e. The third-order valence-corrected chi connectivity index (χ3v) is 3.79. The Bertz CT molecular complexity index is 560. The van der Waals surface area contributed by atoms with E-state index in [1.54, 1.807) is 6.92 Å². The summed E-state index contributed by atoms with van der Waals surface area (Å²) in [4.78, 5) is 10.6. The summed E-state index contributed by atoms with van der Waals surface area (Å²) in [5.41, 5.74) is 0.944. The molecule has 0 amide bonds. The van der Waals surface area contributed by atoms with Crippen molar-refractivity contribution >= 4 is 15.8 Å². The van der Waals surface area contributed by atoms with E-state index >= 15 is 0 Å². The minimum atomic E-state index is -3.38. The summed E-state index contributed by atoms with van der Waals surface area (Å²) in [5.74, 6) is -0.903. The van der Waals surface area contributed by atoms with E-state index in [1.165, 1.54) is 12.1 Å². The fraction of sp³-hybridized carbons (Fsp3) is 0.417. The number of aryl methyl sites for hydroxylation is 2. The normalized spacial score (nSPS) is 11.4. The zero-order chi connectivity index (χ0) is 13.9. The summed E-state index contributed by atoms with van der Waals surface area (Å²) < 4.78 is 23.2. The number of phenols is 1. The van der Waals surface area contributed by atoms with Crippen molar-refractivity contribution in [2.24, 2.45) is 0 Å². The minimum Gasteiger partial charge on any atom is -0.508 e. The molecule has 6 heteroatoms. The summed E-state index contributed by atoms with van der Waals surface area (Å²) >= 11 is 0. The first kappa shape index (κ1) is 14.5. The Morgan fingerprint density at radius 3 is 2.44 bits per heavy atom. The van der Waals surface area contributed by atoms with Gasteiger partial charge in [0.05, 0.1) is 4.90 Å². The van der Waals surface area contributed by atoms with Crippen LogP contribution in [0.2, 0.25) is 0 Å². The molecule has 0 aliphatic heterocycles. The van der Waals surface area contributed by atoms with Crippen molar-refractivity contribution in [3.63, 3.8) is 0 Å². The second-order valence-electron chi connectivity index (χ2n) is 4.27. The van der Waals surface area contributed by atoms with Crippen LogP contribution in [-0.2, 0) is 21.1 Å². The molecule has 0 heterocycles. The van der Waals surface area contributed by atoms with Gasteiger partial charge in [0.15, 0.2) is 9.84 Å². The van der Waals surface area contributed by atoms with Crippen LogP contribution < -0.4 is 0 Å². The SMILES string of the molecule is Cc1cc(S(C)(=O)=O)c(CCCC(=O)O)cc1O. The van der Waals surface area contributed by atoms with Gasteiger partial charge in [-0.2, -0.15) is 0 Å². The number of aliphatic carboxylic acids is 1. The fourth-order valence-electron chi connectivity index (χ4n) is 1.68. The number of aromatic hydroxyl groups is 1. The molecule has 2 N–H and O–H groups in total. The van der Waals surface area contributed by atoms with E-state index in [4.69, 9.17) is 5.11 Å². The number of carboxylic acid groups (broad SMARTS) is 1. The maximum Gasteiger partial charge on any atom is 0.303 e. The highest BCUT2D eigenvalue weighted by Gasteiger charge is 2.15. The molecule has 0 aliphatic rings. The van der Waals surface area contributed by atoms with Crippen molar-refractivity contribution in [3.8, 4) is 5.75 Å². The van der Waals surface area contributed by atoms with Crippen molar-refractivity contribution in [2.45, 2.75) is 31.1 Å². The largest absolute Gasteiger partial charge is 0.508 e. The molecule has 0 bridgehead atoms. The van der Waals surface area contributed by atoms with Gasteiger partial charge in [0.1, 0.15) is 5.75 Å². The highest BCUT2D eigenvalue weighted by Crippen LogP contribution is 2.26. The van der Waals surface area contributed by atoms with Gasteiger partial charge < -0.3 is 10.2 Å². The van der Waals surface area contributed by atoms with E-state index < -0.39 is 15.8 Å². The van der Waals surface area contributed by atoms with Gasteiger partial charge in [0.25, 0.3) is 0 Å². The molecule has 0 spiro atoms. The summed E-state index contributed by atoms with van der Waals surface area (Å²) in [5, 5.41) is 18.1. The molecule has 0 unspecified atom stereocenters. The minimum absolute atomic E-state index is 0.0210. The van der Waals surface area contributed by atoms with Crippen molar-refractivity contribution in [1.82, 2.24) is 0 Å². The van der Waals surface area contributed by atoms with Crippen LogP contribution >= 0.6 is 0 Å². The molecule has 1 rings (SSSR count). The first-order valence-electron chi connectivity index (χ1n) is 5.46. The Kier molecular flexibility index (Phi) is 4.34. The third-order valence-electron chi connectivity index (χ3n) is 2.62. The molecule has 0 atom stereocenters. The number of hydrogen-bond acceptors (Lipinski definition) is 4. The molecule has 100 valence electrons. The number of phenolic OH excluding ortho intramolecular Hbond substituents is 1. The lowest BCUT2D eigenvalue weighted by molar-refractivity contribution is -0.137. The topological polar surface area (TPSA) is 91.7 Å². The zero-order valence-electron chi connectivity index (χ0n) is 10.3. The van der Waals surface area contributed by atoms with Crippen LogP contribution in [0.5, 0.6) is 5.75 Å². The number of rotatable bonds is 5. The Hall–Kier alpha value is -1.56. The van der Waals surface area contributed by atoms with Gasteiger partial charge in [0, 0.05) is 12.7 Å². The maximum absolute atomic E-state index is 11.6. The highest BCUT2D eigenvalue weighted by atomic mass is 32.2. The van der Waals surface area contributed by atoms with Crippen LogP contribution in [0.15, 0.2) is 17.0 Å². The van der Waals surface area contributed by atoms with Gasteiger partial charge in [-0.1, -0.05) is 0 Å². The Morgan fingerprint density at radius 2 is 1.94 bits per heavy atom. The summed E-state index contributed by atoms with van der Waals surface area (Å²) in [6, 6.07) is 2.81. The average molecular weight is 272 g/mol. The van der Waals surface area contributed by atoms with Gasteiger partial charge in [0.2, 0.25) is 0 Å². The number of benzene rings is 1. The quantitative estimate of drug-likeness (QED) is 0.847. The van der Waals surface area contributed by atoms with Crippen molar-refractivity contribution in [2.75, 3.05) is 6.26 Å². The molecule has 5 nitrogen and oxygen atoms in total. The number of carboxylic acids is 1. The van der Waals surface area contributed by atoms with E-state index in [1.807, 2.05) is 0 Å². The van der Waals surface area contributed by atoms with Gasteiger partial charge in [-0.25, -0.2) is 8.42 Å². The predicted molar refractivity (Wildman–Crippen MR) is 66.5 cm³/mol. The Labute approximate surface area is 106 Å². The van der Waals surface area contributed by atoms with Gasteiger partial charge >= 0.3 is 5.97 Å². The third kappa shape index (κ3) is 3.73. The summed E-state index contributed by atoms with van der Waals surface area (Å²) in [7, 11) is -3.38. The number of hydrogen-bond donors (Lipinski definition) is 2. The van der Waals surface area contributed by atoms with Crippen molar-refractivity contribution < 1.29 is 23.4 Å². The lowest BCUT2D eigenvalue weighted by atomic mass is 10.1. The monoisotopic (exact) mass is 272 g/mol. The molecular formula is C12H16O5S. The van der Waals surface area contributed by atoms with Crippen LogP contribution in [0.4, 0.5) is 0 Å². The summed E-state index contributed by atoms with van der Waals surface area (Å²) in [6.45, 7) is 1.62. The maximum atomic E-state index is 11.6. The fourth-order valence-corrected chi connectivity index (χ4v) is 2.71. The molecule has 1 aromatic carbocycles. The van der Waals surface area contributed by atoms with Crippen LogP contribution in [0.25, 0.3) is 0 Å². The number of sulfone groups is 1. The van der Waals surface area contributed by atoms with Gasteiger partial charge in [-0.3, -0.25) is 4.79 Å². The highest BCUT2D eigenvalue weighted by molar-refractivity contribution is 7.90. The van der Waals surface area contributed by atoms with Crippen molar-refractivity contribution in [3.05, 3.63) is 23.3 Å². The standard InChI is InChI=1S/C12H16O5S/c1-8-6-11(18(2,16)17)9(7-10(8)13)4-3-5-12(14)15/h6-7,13H,3-5H2,1-2H3,(H,14,15). The Morgan fingerprint density at radius 1 is 1.33 bits per heavy atom. The molecule has 0 fully saturated rings. The van der Waals surface area contributed by atoms with Crippen LogP contribution in [0, 0.1) is 6.92 Å². The molecule has 0 saturated heterocycles. The van der Waals surface area contributed by atoms with Crippen molar-refractivity contribution in [1.29, 1.82) is 0 Å². The van der Waals surface area contributed by atoms with E-state index in [-0.39, 0.29) is 17.1 Å². The Balaban J connectivity index is 3.09. The predicted octanol–water partition coefficient (Wildman–Crippen LogP) is 1.51. The van der Waals surface area contributed by atoms with E-state index in [0.29, 0.717) is 24.0 Å².